The molecule has 0 spiro atoms. The fourth-order valence-corrected chi connectivity index (χ4v) is 4.25. The summed E-state index contributed by atoms with van der Waals surface area (Å²) in [5, 5.41) is 8.56. The maximum atomic E-state index is 8.38. The van der Waals surface area contributed by atoms with Gasteiger partial charge < -0.3 is 4.90 Å². The number of anilines is 1. The minimum Gasteiger partial charge on any atom is -0.313 e. The second kappa shape index (κ2) is 6.09. The van der Waals surface area contributed by atoms with E-state index >= 15 is 0 Å². The van der Waals surface area contributed by atoms with Crippen molar-refractivity contribution in [1.82, 2.24) is 0 Å². The zero-order chi connectivity index (χ0) is 15.9. The van der Waals surface area contributed by atoms with Crippen molar-refractivity contribution in [2.45, 2.75) is 26.1 Å². The lowest BCUT2D eigenvalue weighted by atomic mass is 10.0. The van der Waals surface area contributed by atoms with Crippen molar-refractivity contribution in [1.29, 1.82) is 5.41 Å². The number of thioether (sulfide) groups is 1. The summed E-state index contributed by atoms with van der Waals surface area (Å²) in [6.45, 7) is 6.42. The highest BCUT2D eigenvalue weighted by molar-refractivity contribution is 9.10. The van der Waals surface area contributed by atoms with Gasteiger partial charge in [-0.25, -0.2) is 0 Å². The lowest BCUT2D eigenvalue weighted by molar-refractivity contribution is 0.978. The Morgan fingerprint density at radius 1 is 1.05 bits per heavy atom. The van der Waals surface area contributed by atoms with Gasteiger partial charge in [-0.05, 0) is 61.2 Å². The molecule has 1 aliphatic heterocycles. The maximum Gasteiger partial charge on any atom is 0.112 e. The van der Waals surface area contributed by atoms with E-state index in [1.54, 1.807) is 0 Å². The van der Waals surface area contributed by atoms with Crippen LogP contribution < -0.4 is 4.90 Å². The second-order valence-electron chi connectivity index (χ2n) is 5.75. The molecule has 2 aromatic carbocycles. The molecule has 3 rings (SSSR count). The monoisotopic (exact) mass is 374 g/mol. The van der Waals surface area contributed by atoms with Gasteiger partial charge in [0.2, 0.25) is 0 Å². The van der Waals surface area contributed by atoms with Gasteiger partial charge in [0.15, 0.2) is 0 Å². The Balaban J connectivity index is 2.05. The molecule has 4 heteroatoms. The molecule has 0 radical (unpaired) electrons. The standard InChI is InChI=1S/C18H19BrN2S/c1-11-8-13(3)16(9-12(11)2)21-17(20)10-22-18(21)14-4-6-15(19)7-5-14/h4-9,18,20H,10H2,1-3H3. The van der Waals surface area contributed by atoms with Crippen LogP contribution in [0.2, 0.25) is 0 Å². The molecule has 1 atom stereocenters. The zero-order valence-corrected chi connectivity index (χ0v) is 15.4. The van der Waals surface area contributed by atoms with Crippen LogP contribution >= 0.6 is 27.7 Å². The molecule has 1 saturated heterocycles. The molecule has 1 aliphatic rings. The van der Waals surface area contributed by atoms with Crippen molar-refractivity contribution in [2.24, 2.45) is 0 Å². The van der Waals surface area contributed by atoms with Crippen molar-refractivity contribution < 1.29 is 0 Å². The summed E-state index contributed by atoms with van der Waals surface area (Å²) in [7, 11) is 0. The number of halogens is 1. The van der Waals surface area contributed by atoms with Crippen molar-refractivity contribution in [3.05, 3.63) is 63.1 Å². The fraction of sp³-hybridized carbons (Fsp3) is 0.278. The summed E-state index contributed by atoms with van der Waals surface area (Å²) < 4.78 is 1.09. The van der Waals surface area contributed by atoms with E-state index in [-0.39, 0.29) is 5.37 Å². The van der Waals surface area contributed by atoms with Crippen LogP contribution in [0.4, 0.5) is 5.69 Å². The van der Waals surface area contributed by atoms with Crippen LogP contribution in [-0.4, -0.2) is 11.6 Å². The van der Waals surface area contributed by atoms with Gasteiger partial charge in [-0.2, -0.15) is 0 Å². The molecule has 1 fully saturated rings. The van der Waals surface area contributed by atoms with Crippen LogP contribution in [0.1, 0.15) is 27.6 Å². The van der Waals surface area contributed by atoms with Gasteiger partial charge in [-0.1, -0.05) is 34.1 Å². The van der Waals surface area contributed by atoms with Crippen molar-refractivity contribution in [3.8, 4) is 0 Å². The number of nitrogens with zero attached hydrogens (tertiary/aromatic N) is 1. The van der Waals surface area contributed by atoms with Crippen molar-refractivity contribution in [3.63, 3.8) is 0 Å². The van der Waals surface area contributed by atoms with Crippen LogP contribution in [0.25, 0.3) is 0 Å². The number of amidine groups is 1. The fourth-order valence-electron chi connectivity index (χ4n) is 2.79. The third-order valence-corrected chi connectivity index (χ3v) is 5.90. The van der Waals surface area contributed by atoms with Crippen LogP contribution in [0, 0.1) is 26.2 Å². The van der Waals surface area contributed by atoms with E-state index in [2.05, 4.69) is 78.0 Å². The van der Waals surface area contributed by atoms with E-state index in [4.69, 9.17) is 5.41 Å². The highest BCUT2D eigenvalue weighted by Crippen LogP contribution is 2.43. The van der Waals surface area contributed by atoms with Gasteiger partial charge in [-0.3, -0.25) is 5.41 Å². The minimum atomic E-state index is 0.182. The van der Waals surface area contributed by atoms with E-state index in [9.17, 15) is 0 Å². The summed E-state index contributed by atoms with van der Waals surface area (Å²) in [5.74, 6) is 1.44. The van der Waals surface area contributed by atoms with E-state index in [1.165, 1.54) is 22.3 Å². The van der Waals surface area contributed by atoms with Gasteiger partial charge in [0.1, 0.15) is 11.2 Å². The third-order valence-electron chi connectivity index (χ3n) is 4.13. The summed E-state index contributed by atoms with van der Waals surface area (Å²) in [5.41, 5.74) is 6.22. The normalized spacial score (nSPS) is 18.1. The topological polar surface area (TPSA) is 27.1 Å². The molecule has 0 aromatic heterocycles. The van der Waals surface area contributed by atoms with E-state index < -0.39 is 0 Å². The molecule has 0 aliphatic carbocycles. The lowest BCUT2D eigenvalue weighted by Gasteiger charge is -2.28. The molecule has 0 amide bonds. The van der Waals surface area contributed by atoms with Gasteiger partial charge in [-0.15, -0.1) is 11.8 Å². The average Bonchev–Trinajstić information content (AvgIpc) is 2.85. The lowest BCUT2D eigenvalue weighted by Crippen LogP contribution is -2.28. The number of rotatable bonds is 2. The smallest absolute Gasteiger partial charge is 0.112 e. The Morgan fingerprint density at radius 2 is 1.68 bits per heavy atom. The summed E-state index contributed by atoms with van der Waals surface area (Å²) in [6.07, 6.45) is 0. The average molecular weight is 375 g/mol. The van der Waals surface area contributed by atoms with Gasteiger partial charge in [0, 0.05) is 10.2 Å². The van der Waals surface area contributed by atoms with Gasteiger partial charge in [0.05, 0.1) is 5.75 Å². The molecule has 0 bridgehead atoms. The van der Waals surface area contributed by atoms with Gasteiger partial charge >= 0.3 is 0 Å². The first-order valence-electron chi connectivity index (χ1n) is 7.29. The molecule has 114 valence electrons. The predicted molar refractivity (Wildman–Crippen MR) is 100 cm³/mol. The molecule has 2 nitrogen and oxygen atoms in total. The molecule has 1 N–H and O–H groups in total. The Labute approximate surface area is 144 Å². The van der Waals surface area contributed by atoms with E-state index in [0.29, 0.717) is 5.84 Å². The first kappa shape index (κ1) is 15.6. The molecule has 1 heterocycles. The molecule has 22 heavy (non-hydrogen) atoms. The van der Waals surface area contributed by atoms with Crippen LogP contribution in [-0.2, 0) is 0 Å². The number of hydrogen-bond acceptors (Lipinski definition) is 2. The first-order valence-corrected chi connectivity index (χ1v) is 9.13. The van der Waals surface area contributed by atoms with Crippen molar-refractivity contribution >= 4 is 39.2 Å². The summed E-state index contributed by atoms with van der Waals surface area (Å²) in [6, 6.07) is 12.9. The molecule has 2 aromatic rings. The largest absolute Gasteiger partial charge is 0.313 e. The number of hydrogen-bond donors (Lipinski definition) is 1. The van der Waals surface area contributed by atoms with Crippen LogP contribution in [0.5, 0.6) is 0 Å². The molecule has 1 unspecified atom stereocenters. The minimum absolute atomic E-state index is 0.182. The van der Waals surface area contributed by atoms with Gasteiger partial charge in [0.25, 0.3) is 0 Å². The van der Waals surface area contributed by atoms with E-state index in [1.807, 2.05) is 11.8 Å². The molecular formula is C18H19BrN2S. The summed E-state index contributed by atoms with van der Waals surface area (Å²) >= 11 is 5.31. The summed E-state index contributed by atoms with van der Waals surface area (Å²) in [4.78, 5) is 2.18. The predicted octanol–water partition coefficient (Wildman–Crippen LogP) is 5.60. The number of benzene rings is 2. The first-order chi connectivity index (χ1) is 10.5. The zero-order valence-electron chi connectivity index (χ0n) is 13.0. The third kappa shape index (κ3) is 2.82. The molecule has 0 saturated carbocycles. The highest BCUT2D eigenvalue weighted by atomic mass is 79.9. The number of aryl methyl sites for hydroxylation is 3. The quantitative estimate of drug-likeness (QED) is 0.739. The second-order valence-corrected chi connectivity index (χ2v) is 7.74. The Kier molecular flexibility index (Phi) is 4.33. The molecular weight excluding hydrogens is 356 g/mol. The number of nitrogens with one attached hydrogen (secondary N) is 1. The highest BCUT2D eigenvalue weighted by Gasteiger charge is 2.32. The maximum absolute atomic E-state index is 8.38. The van der Waals surface area contributed by atoms with Crippen LogP contribution in [0.15, 0.2) is 40.9 Å². The SMILES string of the molecule is Cc1cc(C)c(N2C(=N)CSC2c2ccc(Br)cc2)cc1C. The van der Waals surface area contributed by atoms with E-state index in [0.717, 1.165) is 15.9 Å². The Morgan fingerprint density at radius 3 is 2.36 bits per heavy atom. The Bertz CT molecular complexity index is 725. The van der Waals surface area contributed by atoms with Crippen molar-refractivity contribution in [2.75, 3.05) is 10.7 Å². The van der Waals surface area contributed by atoms with Crippen LogP contribution in [0.3, 0.4) is 0 Å². The Hall–Kier alpha value is -1.26.